The second-order valence-electron chi connectivity index (χ2n) is 4.64. The van der Waals surface area contributed by atoms with Crippen LogP contribution in [0.25, 0.3) is 0 Å². The molecule has 1 aromatic heterocycles. The number of hydrogen-bond donors (Lipinski definition) is 2. The highest BCUT2D eigenvalue weighted by molar-refractivity contribution is 7.99. The van der Waals surface area contributed by atoms with Crippen molar-refractivity contribution in [1.29, 1.82) is 0 Å². The largest absolute Gasteiger partial charge is 0.378 e. The Morgan fingerprint density at radius 1 is 1.27 bits per heavy atom. The maximum atomic E-state index is 11.6. The van der Waals surface area contributed by atoms with E-state index in [4.69, 9.17) is 4.74 Å². The second-order valence-corrected chi connectivity index (χ2v) is 5.59. The van der Waals surface area contributed by atoms with Crippen LogP contribution in [0.3, 0.4) is 0 Å². The number of nitrogens with one attached hydrogen (secondary N) is 2. The van der Waals surface area contributed by atoms with E-state index in [2.05, 4.69) is 25.9 Å². The van der Waals surface area contributed by atoms with Gasteiger partial charge in [-0.25, -0.2) is 0 Å². The Kier molecular flexibility index (Phi) is 6.01. The summed E-state index contributed by atoms with van der Waals surface area (Å²) in [6.45, 7) is 6.98. The molecule has 0 bridgehead atoms. The molecule has 9 nitrogen and oxygen atoms in total. The Morgan fingerprint density at radius 3 is 2.64 bits per heavy atom. The molecule has 0 unspecified atom stereocenters. The van der Waals surface area contributed by atoms with Crippen LogP contribution in [-0.4, -0.2) is 58.6 Å². The zero-order valence-corrected chi connectivity index (χ0v) is 13.5. The van der Waals surface area contributed by atoms with E-state index < -0.39 is 0 Å². The summed E-state index contributed by atoms with van der Waals surface area (Å²) in [6, 6.07) is 0. The predicted molar refractivity (Wildman–Crippen MR) is 81.4 cm³/mol. The fourth-order valence-electron chi connectivity index (χ4n) is 1.99. The molecule has 10 heteroatoms. The van der Waals surface area contributed by atoms with Gasteiger partial charge in [-0.15, -0.1) is 10.2 Å². The highest BCUT2D eigenvalue weighted by Gasteiger charge is 2.20. The van der Waals surface area contributed by atoms with Gasteiger partial charge >= 0.3 is 0 Å². The van der Waals surface area contributed by atoms with E-state index in [1.165, 1.54) is 18.7 Å². The first kappa shape index (κ1) is 16.6. The molecule has 0 aliphatic carbocycles. The van der Waals surface area contributed by atoms with Crippen LogP contribution in [0.4, 0.5) is 5.95 Å². The van der Waals surface area contributed by atoms with Crippen LogP contribution < -0.4 is 15.8 Å². The number of carbonyl (C=O) groups is 2. The van der Waals surface area contributed by atoms with Gasteiger partial charge in [0.1, 0.15) is 0 Å². The quantitative estimate of drug-likeness (QED) is 0.549. The minimum absolute atomic E-state index is 0.154. The van der Waals surface area contributed by atoms with E-state index in [1.807, 2.05) is 11.5 Å². The van der Waals surface area contributed by atoms with Crippen LogP contribution in [0.1, 0.15) is 13.8 Å². The van der Waals surface area contributed by atoms with Gasteiger partial charge < -0.3 is 9.64 Å². The lowest BCUT2D eigenvalue weighted by Gasteiger charge is -2.27. The van der Waals surface area contributed by atoms with E-state index in [0.29, 0.717) is 18.4 Å². The highest BCUT2D eigenvalue weighted by Crippen LogP contribution is 2.22. The SMILES string of the molecule is CCn1c(SCC(=O)NNC(C)=O)nnc1N1CCOCC1. The van der Waals surface area contributed by atoms with E-state index in [-0.39, 0.29) is 17.6 Å². The van der Waals surface area contributed by atoms with Gasteiger partial charge in [0.2, 0.25) is 17.8 Å². The third-order valence-corrected chi connectivity index (χ3v) is 3.98. The molecular weight excluding hydrogens is 308 g/mol. The Labute approximate surface area is 132 Å². The van der Waals surface area contributed by atoms with Crippen LogP contribution in [0.2, 0.25) is 0 Å². The number of carbonyl (C=O) groups excluding carboxylic acids is 2. The molecule has 2 rings (SSSR count). The van der Waals surface area contributed by atoms with Gasteiger partial charge in [0.05, 0.1) is 19.0 Å². The number of hydrazine groups is 1. The first-order valence-electron chi connectivity index (χ1n) is 7.06. The first-order chi connectivity index (χ1) is 10.6. The molecule has 1 aliphatic rings. The molecular formula is C12H20N6O3S. The smallest absolute Gasteiger partial charge is 0.248 e. The van der Waals surface area contributed by atoms with Crippen molar-refractivity contribution < 1.29 is 14.3 Å². The number of rotatable bonds is 5. The Morgan fingerprint density at radius 2 is 2.00 bits per heavy atom. The van der Waals surface area contributed by atoms with Crippen molar-refractivity contribution in [3.05, 3.63) is 0 Å². The van der Waals surface area contributed by atoms with Crippen molar-refractivity contribution >= 4 is 29.5 Å². The summed E-state index contributed by atoms with van der Waals surface area (Å²) in [5.74, 6) is 0.348. The second kappa shape index (κ2) is 7.99. The molecule has 0 saturated carbocycles. The molecule has 22 heavy (non-hydrogen) atoms. The zero-order valence-electron chi connectivity index (χ0n) is 12.7. The topological polar surface area (TPSA) is 101 Å². The number of thioether (sulfide) groups is 1. The fraction of sp³-hybridized carbons (Fsp3) is 0.667. The van der Waals surface area contributed by atoms with E-state index in [1.54, 1.807) is 0 Å². The Balaban J connectivity index is 1.95. The predicted octanol–water partition coefficient (Wildman–Crippen LogP) is -0.606. The summed E-state index contributed by atoms with van der Waals surface area (Å²) in [5, 5.41) is 9.06. The van der Waals surface area contributed by atoms with Crippen LogP contribution in [0.5, 0.6) is 0 Å². The average molecular weight is 328 g/mol. The third-order valence-electron chi connectivity index (χ3n) is 3.02. The third kappa shape index (κ3) is 4.34. The maximum Gasteiger partial charge on any atom is 0.248 e. The number of hydrogen-bond acceptors (Lipinski definition) is 7. The summed E-state index contributed by atoms with van der Waals surface area (Å²) in [6.07, 6.45) is 0. The minimum atomic E-state index is -0.315. The molecule has 1 aliphatic heterocycles. The van der Waals surface area contributed by atoms with Crippen LogP contribution in [0, 0.1) is 0 Å². The lowest BCUT2D eigenvalue weighted by molar-refractivity contribution is -0.126. The lowest BCUT2D eigenvalue weighted by Crippen LogP contribution is -2.41. The van der Waals surface area contributed by atoms with Crippen molar-refractivity contribution in [3.63, 3.8) is 0 Å². The van der Waals surface area contributed by atoms with Gasteiger partial charge in [-0.05, 0) is 6.92 Å². The van der Waals surface area contributed by atoms with E-state index in [0.717, 1.165) is 25.6 Å². The highest BCUT2D eigenvalue weighted by atomic mass is 32.2. The normalized spacial score (nSPS) is 14.7. The number of amides is 2. The van der Waals surface area contributed by atoms with Crippen LogP contribution in [-0.2, 0) is 20.9 Å². The number of aromatic nitrogens is 3. The molecule has 1 fully saturated rings. The number of morpholine rings is 1. The van der Waals surface area contributed by atoms with Crippen molar-refractivity contribution in [2.75, 3.05) is 37.0 Å². The standard InChI is InChI=1S/C12H20N6O3S/c1-3-18-11(17-4-6-21-7-5-17)15-16-12(18)22-8-10(20)14-13-9(2)19/h3-8H2,1-2H3,(H,13,19)(H,14,20). The van der Waals surface area contributed by atoms with Crippen molar-refractivity contribution in [2.24, 2.45) is 0 Å². The molecule has 0 atom stereocenters. The molecule has 0 spiro atoms. The minimum Gasteiger partial charge on any atom is -0.378 e. The molecule has 1 saturated heterocycles. The van der Waals surface area contributed by atoms with Gasteiger partial charge in [-0.3, -0.25) is 25.0 Å². The van der Waals surface area contributed by atoms with Crippen LogP contribution in [0.15, 0.2) is 5.16 Å². The molecule has 0 radical (unpaired) electrons. The van der Waals surface area contributed by atoms with Crippen molar-refractivity contribution in [1.82, 2.24) is 25.6 Å². The zero-order chi connectivity index (χ0) is 15.9. The molecule has 122 valence electrons. The summed E-state index contributed by atoms with van der Waals surface area (Å²) >= 11 is 1.28. The molecule has 0 aromatic carbocycles. The fourth-order valence-corrected chi connectivity index (χ4v) is 2.78. The van der Waals surface area contributed by atoms with Gasteiger partial charge in [-0.1, -0.05) is 11.8 Å². The number of nitrogens with zero attached hydrogens (tertiary/aromatic N) is 4. The lowest BCUT2D eigenvalue weighted by atomic mass is 10.4. The van der Waals surface area contributed by atoms with E-state index >= 15 is 0 Å². The average Bonchev–Trinajstić information content (AvgIpc) is 2.94. The van der Waals surface area contributed by atoms with Crippen molar-refractivity contribution in [3.8, 4) is 0 Å². The summed E-state index contributed by atoms with van der Waals surface area (Å²) in [4.78, 5) is 24.5. The number of anilines is 1. The molecule has 2 heterocycles. The monoisotopic (exact) mass is 328 g/mol. The molecule has 1 aromatic rings. The summed E-state index contributed by atoms with van der Waals surface area (Å²) in [7, 11) is 0. The van der Waals surface area contributed by atoms with Crippen molar-refractivity contribution in [2.45, 2.75) is 25.5 Å². The number of ether oxygens (including phenoxy) is 1. The molecule has 2 N–H and O–H groups in total. The van der Waals surface area contributed by atoms with Gasteiger partial charge in [0, 0.05) is 26.6 Å². The summed E-state index contributed by atoms with van der Waals surface area (Å²) in [5.41, 5.74) is 4.57. The summed E-state index contributed by atoms with van der Waals surface area (Å²) < 4.78 is 7.31. The molecule has 2 amide bonds. The van der Waals surface area contributed by atoms with Gasteiger partial charge in [0.15, 0.2) is 5.16 Å². The van der Waals surface area contributed by atoms with Crippen LogP contribution >= 0.6 is 11.8 Å². The van der Waals surface area contributed by atoms with Gasteiger partial charge in [0.25, 0.3) is 0 Å². The Hall–Kier alpha value is -1.81. The van der Waals surface area contributed by atoms with Gasteiger partial charge in [-0.2, -0.15) is 0 Å². The Bertz CT molecular complexity index is 529. The van der Waals surface area contributed by atoms with E-state index in [9.17, 15) is 9.59 Å². The maximum absolute atomic E-state index is 11.6. The first-order valence-corrected chi connectivity index (χ1v) is 8.04.